The lowest BCUT2D eigenvalue weighted by Gasteiger charge is -2.14. The van der Waals surface area contributed by atoms with Gasteiger partial charge in [0, 0.05) is 17.7 Å². The second-order valence-electron chi connectivity index (χ2n) is 8.39. The number of carbonyl (C=O) groups excluding carboxylic acids is 1. The van der Waals surface area contributed by atoms with Crippen LogP contribution in [0.1, 0.15) is 16.7 Å². The van der Waals surface area contributed by atoms with Crippen molar-refractivity contribution in [2.24, 2.45) is 0 Å². The molecular weight excluding hydrogens is 524 g/mol. The number of hydrogen-bond acceptors (Lipinski definition) is 8. The number of carbonyl (C=O) groups is 1. The average molecular weight is 551 g/mol. The minimum Gasteiger partial charge on any atom is -0.491 e. The van der Waals surface area contributed by atoms with Crippen LogP contribution in [0.4, 0.5) is 11.4 Å². The predicted molar refractivity (Wildman–Crippen MR) is 153 cm³/mol. The van der Waals surface area contributed by atoms with Crippen LogP contribution in [0.2, 0.25) is 0 Å². The van der Waals surface area contributed by atoms with E-state index < -0.39 is 4.92 Å². The quantitative estimate of drug-likeness (QED) is 0.0931. The van der Waals surface area contributed by atoms with E-state index in [1.54, 1.807) is 18.2 Å². The fraction of sp³-hybridized carbons (Fsp3) is 0.214. The van der Waals surface area contributed by atoms with Gasteiger partial charge in [-0.1, -0.05) is 48.2 Å². The van der Waals surface area contributed by atoms with Crippen LogP contribution in [-0.2, 0) is 9.53 Å². The van der Waals surface area contributed by atoms with Gasteiger partial charge in [0.05, 0.1) is 28.7 Å². The highest BCUT2D eigenvalue weighted by Crippen LogP contribution is 2.37. The van der Waals surface area contributed by atoms with Crippen molar-refractivity contribution in [3.05, 3.63) is 98.4 Å². The maximum Gasteiger partial charge on any atom is 0.270 e. The minimum atomic E-state index is -0.491. The van der Waals surface area contributed by atoms with Crippen molar-refractivity contribution in [3.8, 4) is 11.5 Å². The van der Waals surface area contributed by atoms with Crippen molar-refractivity contribution in [1.29, 1.82) is 0 Å². The Morgan fingerprint density at radius 3 is 2.39 bits per heavy atom. The molecule has 1 aliphatic rings. The van der Waals surface area contributed by atoms with E-state index in [0.717, 1.165) is 23.1 Å². The number of aryl methyl sites for hydroxylation is 2. The summed E-state index contributed by atoms with van der Waals surface area (Å²) in [6.45, 7) is 5.37. The number of nitro benzene ring substituents is 1. The number of ether oxygens (including phenoxy) is 3. The summed E-state index contributed by atoms with van der Waals surface area (Å²) in [5.41, 5.74) is 3.33. The monoisotopic (exact) mass is 550 g/mol. The van der Waals surface area contributed by atoms with Crippen molar-refractivity contribution < 1.29 is 23.9 Å². The molecule has 0 unspecified atom stereocenters. The van der Waals surface area contributed by atoms with Gasteiger partial charge in [-0.25, -0.2) is 0 Å². The van der Waals surface area contributed by atoms with Gasteiger partial charge in [-0.05, 0) is 61.4 Å². The summed E-state index contributed by atoms with van der Waals surface area (Å²) in [6, 6.07) is 19.3. The standard InChI is InChI=1S/C28H26N2O6S2/c1-19-8-10-24(16-20(19)2)35-14-12-34-13-15-36-25-11-9-23(30(32)33)17-21(25)18-26-27(31)29(28(37)38-26)22-6-4-3-5-7-22/h3-11,16-18H,12-15H2,1-2H3. The molecule has 1 heterocycles. The SMILES string of the molecule is Cc1ccc(OCCOCCOc2ccc([N+](=O)[O-])cc2C=C2SC(=S)N(c3ccccc3)C2=O)cc1C. The van der Waals surface area contributed by atoms with Crippen LogP contribution in [0.25, 0.3) is 6.08 Å². The Balaban J connectivity index is 1.37. The van der Waals surface area contributed by atoms with Gasteiger partial charge in [-0.15, -0.1) is 0 Å². The topological polar surface area (TPSA) is 91.1 Å². The molecule has 38 heavy (non-hydrogen) atoms. The lowest BCUT2D eigenvalue weighted by molar-refractivity contribution is -0.384. The summed E-state index contributed by atoms with van der Waals surface area (Å²) in [5.74, 6) is 0.896. The molecule has 0 aromatic heterocycles. The average Bonchev–Trinajstić information content (AvgIpc) is 3.18. The Bertz CT molecular complexity index is 1380. The molecule has 0 bridgehead atoms. The number of amides is 1. The Kier molecular flexibility index (Phi) is 9.11. The normalized spacial score (nSPS) is 14.3. The first-order valence-corrected chi connectivity index (χ1v) is 13.1. The van der Waals surface area contributed by atoms with Gasteiger partial charge in [0.15, 0.2) is 4.32 Å². The molecule has 0 atom stereocenters. The molecule has 10 heteroatoms. The molecule has 3 aromatic carbocycles. The third kappa shape index (κ3) is 6.77. The third-order valence-electron chi connectivity index (χ3n) is 5.76. The molecule has 3 aromatic rings. The first kappa shape index (κ1) is 27.3. The first-order chi connectivity index (χ1) is 18.3. The van der Waals surface area contributed by atoms with Crippen LogP contribution >= 0.6 is 24.0 Å². The van der Waals surface area contributed by atoms with Crippen LogP contribution in [-0.4, -0.2) is 41.6 Å². The summed E-state index contributed by atoms with van der Waals surface area (Å²) in [7, 11) is 0. The number of non-ortho nitro benzene ring substituents is 1. The molecule has 0 aliphatic carbocycles. The summed E-state index contributed by atoms with van der Waals surface area (Å²) in [5, 5.41) is 11.4. The van der Waals surface area contributed by atoms with Gasteiger partial charge in [-0.3, -0.25) is 19.8 Å². The second-order valence-corrected chi connectivity index (χ2v) is 10.1. The van der Waals surface area contributed by atoms with Crippen molar-refractivity contribution in [3.63, 3.8) is 0 Å². The number of rotatable bonds is 11. The maximum absolute atomic E-state index is 13.1. The van der Waals surface area contributed by atoms with Crippen molar-refractivity contribution >= 4 is 51.7 Å². The van der Waals surface area contributed by atoms with Crippen LogP contribution in [0, 0.1) is 24.0 Å². The van der Waals surface area contributed by atoms with Crippen LogP contribution in [0.3, 0.4) is 0 Å². The molecule has 0 N–H and O–H groups in total. The van der Waals surface area contributed by atoms with E-state index in [9.17, 15) is 14.9 Å². The molecular formula is C28H26N2O6S2. The zero-order valence-corrected chi connectivity index (χ0v) is 22.6. The number of thioether (sulfide) groups is 1. The van der Waals surface area contributed by atoms with Crippen LogP contribution in [0.15, 0.2) is 71.6 Å². The second kappa shape index (κ2) is 12.7. The summed E-state index contributed by atoms with van der Waals surface area (Å²) < 4.78 is 17.5. The highest BCUT2D eigenvalue weighted by atomic mass is 32.2. The Morgan fingerprint density at radius 2 is 1.68 bits per heavy atom. The zero-order chi connectivity index (χ0) is 27.1. The first-order valence-electron chi connectivity index (χ1n) is 11.9. The van der Waals surface area contributed by atoms with E-state index in [-0.39, 0.29) is 18.2 Å². The van der Waals surface area contributed by atoms with Gasteiger partial charge in [0.25, 0.3) is 11.6 Å². The Hall–Kier alpha value is -3.73. The predicted octanol–water partition coefficient (Wildman–Crippen LogP) is 6.09. The van der Waals surface area contributed by atoms with Crippen LogP contribution < -0.4 is 14.4 Å². The molecule has 1 fully saturated rings. The van der Waals surface area contributed by atoms with E-state index in [4.69, 9.17) is 26.4 Å². The lowest BCUT2D eigenvalue weighted by Crippen LogP contribution is -2.27. The minimum absolute atomic E-state index is 0.109. The van der Waals surface area contributed by atoms with Crippen molar-refractivity contribution in [1.82, 2.24) is 0 Å². The summed E-state index contributed by atoms with van der Waals surface area (Å²) in [6.07, 6.45) is 1.57. The molecule has 0 radical (unpaired) electrons. The van der Waals surface area contributed by atoms with Crippen molar-refractivity contribution in [2.45, 2.75) is 13.8 Å². The molecule has 1 saturated heterocycles. The summed E-state index contributed by atoms with van der Waals surface area (Å²) >= 11 is 6.55. The highest BCUT2D eigenvalue weighted by molar-refractivity contribution is 8.27. The van der Waals surface area contributed by atoms with E-state index in [2.05, 4.69) is 0 Å². The van der Waals surface area contributed by atoms with Crippen molar-refractivity contribution in [2.75, 3.05) is 31.3 Å². The maximum atomic E-state index is 13.1. The summed E-state index contributed by atoms with van der Waals surface area (Å²) in [4.78, 5) is 25.8. The van der Waals surface area contributed by atoms with E-state index in [0.29, 0.717) is 46.0 Å². The van der Waals surface area contributed by atoms with E-state index >= 15 is 0 Å². The number of benzene rings is 3. The smallest absolute Gasteiger partial charge is 0.270 e. The van der Waals surface area contributed by atoms with Gasteiger partial charge >= 0.3 is 0 Å². The number of para-hydroxylation sites is 1. The fourth-order valence-corrected chi connectivity index (χ4v) is 4.93. The number of anilines is 1. The van der Waals surface area contributed by atoms with Crippen LogP contribution in [0.5, 0.6) is 11.5 Å². The molecule has 196 valence electrons. The molecule has 0 saturated carbocycles. The van der Waals surface area contributed by atoms with Gasteiger partial charge in [0.1, 0.15) is 24.7 Å². The van der Waals surface area contributed by atoms with E-state index in [1.807, 2.05) is 50.2 Å². The highest BCUT2D eigenvalue weighted by Gasteiger charge is 2.33. The molecule has 1 amide bonds. The Labute approximate surface area is 230 Å². The number of nitro groups is 1. The van der Waals surface area contributed by atoms with E-state index in [1.165, 1.54) is 28.7 Å². The lowest BCUT2D eigenvalue weighted by atomic mass is 10.1. The fourth-order valence-electron chi connectivity index (χ4n) is 3.64. The number of nitrogens with zero attached hydrogens (tertiary/aromatic N) is 2. The van der Waals surface area contributed by atoms with Gasteiger partial charge in [-0.2, -0.15) is 0 Å². The molecule has 0 spiro atoms. The number of thiocarbonyl (C=S) groups is 1. The van der Waals surface area contributed by atoms with Gasteiger partial charge in [0.2, 0.25) is 0 Å². The zero-order valence-electron chi connectivity index (χ0n) is 20.9. The largest absolute Gasteiger partial charge is 0.491 e. The third-order valence-corrected chi connectivity index (χ3v) is 7.06. The van der Waals surface area contributed by atoms with Gasteiger partial charge < -0.3 is 14.2 Å². The Morgan fingerprint density at radius 1 is 0.947 bits per heavy atom. The molecule has 8 nitrogen and oxygen atoms in total. The molecule has 4 rings (SSSR count). The number of hydrogen-bond donors (Lipinski definition) is 0. The molecule has 1 aliphatic heterocycles.